The Hall–Kier alpha value is -5.14. The number of hydrogen-bond acceptors (Lipinski definition) is 8. The van der Waals surface area contributed by atoms with Crippen molar-refractivity contribution in [1.82, 2.24) is 40.3 Å². The molecule has 2 fully saturated rings. The molecule has 1 atom stereocenters. The van der Waals surface area contributed by atoms with E-state index in [1.54, 1.807) is 28.4 Å². The van der Waals surface area contributed by atoms with Crippen LogP contribution in [0.15, 0.2) is 100 Å². The van der Waals surface area contributed by atoms with Crippen LogP contribution in [-0.4, -0.2) is 78.6 Å². The number of benzene rings is 2. The lowest BCUT2D eigenvalue weighted by molar-refractivity contribution is -0.184. The number of nitrogens with zero attached hydrogens (tertiary/aromatic N) is 7. The molecule has 12 nitrogen and oxygen atoms in total. The third-order valence-electron chi connectivity index (χ3n) is 8.11. The summed E-state index contributed by atoms with van der Waals surface area (Å²) in [5.74, 6) is 0.00747. The molecule has 1 N–H and O–H groups in total. The number of aromatic nitrogens is 3. The summed E-state index contributed by atoms with van der Waals surface area (Å²) in [7, 11) is 0. The Bertz CT molecular complexity index is 1900. The van der Waals surface area contributed by atoms with Gasteiger partial charge in [-0.1, -0.05) is 53.7 Å². The summed E-state index contributed by atoms with van der Waals surface area (Å²) in [5.41, 5.74) is 3.85. The first kappa shape index (κ1) is 29.6. The molecular weight excluding hydrogens is 652 g/mol. The zero-order valence-electron chi connectivity index (χ0n) is 24.6. The maximum atomic E-state index is 14.0. The van der Waals surface area contributed by atoms with Crippen LogP contribution in [0.4, 0.5) is 4.79 Å². The third kappa shape index (κ3) is 6.06. The molecule has 0 bridgehead atoms. The molecule has 5 heterocycles. The smallest absolute Gasteiger partial charge is 0.334 e. The molecule has 0 saturated carbocycles. The van der Waals surface area contributed by atoms with Gasteiger partial charge in [0.25, 0.3) is 0 Å². The van der Waals surface area contributed by atoms with Crippen LogP contribution in [-0.2, 0) is 29.2 Å². The van der Waals surface area contributed by atoms with Gasteiger partial charge in [0.15, 0.2) is 5.76 Å². The van der Waals surface area contributed by atoms with Crippen LogP contribution in [0.2, 0.25) is 0 Å². The fourth-order valence-electron chi connectivity index (χ4n) is 5.85. The third-order valence-corrected chi connectivity index (χ3v) is 8.57. The van der Waals surface area contributed by atoms with Crippen LogP contribution >= 0.6 is 15.9 Å². The van der Waals surface area contributed by atoms with Crippen molar-refractivity contribution in [2.24, 2.45) is 0 Å². The first-order valence-corrected chi connectivity index (χ1v) is 15.6. The summed E-state index contributed by atoms with van der Waals surface area (Å²) < 4.78 is 6.48. The van der Waals surface area contributed by atoms with Gasteiger partial charge in [-0.3, -0.25) is 19.6 Å². The Labute approximate surface area is 272 Å². The highest BCUT2D eigenvalue weighted by atomic mass is 79.9. The van der Waals surface area contributed by atoms with Gasteiger partial charge in [-0.2, -0.15) is 5.01 Å². The van der Waals surface area contributed by atoms with E-state index in [1.807, 2.05) is 72.8 Å². The topological polar surface area (TPSA) is 128 Å². The molecule has 232 valence electrons. The number of fused-ring (bicyclic) bond motifs is 2. The monoisotopic (exact) mass is 680 g/mol. The summed E-state index contributed by atoms with van der Waals surface area (Å²) in [6, 6.07) is 24.3. The van der Waals surface area contributed by atoms with E-state index in [0.717, 1.165) is 26.5 Å². The largest absolute Gasteiger partial charge is 0.359 e. The number of urea groups is 1. The van der Waals surface area contributed by atoms with Crippen molar-refractivity contribution in [3.63, 3.8) is 0 Å². The van der Waals surface area contributed by atoms with Gasteiger partial charge in [0.2, 0.25) is 11.8 Å². The zero-order chi connectivity index (χ0) is 31.6. The molecule has 2 saturated heterocycles. The van der Waals surface area contributed by atoms with E-state index in [0.29, 0.717) is 23.7 Å². The summed E-state index contributed by atoms with van der Waals surface area (Å²) in [5, 5.41) is 11.3. The Morgan fingerprint density at radius 3 is 2.61 bits per heavy atom. The fraction of sp³-hybridized carbons (Fsp3) is 0.212. The normalized spacial score (nSPS) is 17.0. The molecule has 13 heteroatoms. The van der Waals surface area contributed by atoms with Crippen molar-refractivity contribution in [2.75, 3.05) is 19.6 Å². The van der Waals surface area contributed by atoms with Gasteiger partial charge < -0.3 is 19.6 Å². The number of amides is 4. The first-order chi connectivity index (χ1) is 22.4. The second-order valence-electron chi connectivity index (χ2n) is 11.1. The number of hydrazine groups is 1. The second kappa shape index (κ2) is 12.7. The molecule has 0 radical (unpaired) electrons. The lowest BCUT2D eigenvalue weighted by Crippen LogP contribution is -2.73. The van der Waals surface area contributed by atoms with Gasteiger partial charge in [0, 0.05) is 41.4 Å². The number of halogens is 1. The highest BCUT2D eigenvalue weighted by Crippen LogP contribution is 2.28. The number of hydrogen-bond donors (Lipinski definition) is 1. The minimum Gasteiger partial charge on any atom is -0.359 e. The van der Waals surface area contributed by atoms with Crippen molar-refractivity contribution in [1.29, 1.82) is 0 Å². The molecule has 0 aliphatic carbocycles. The average Bonchev–Trinajstić information content (AvgIpc) is 3.54. The molecule has 0 spiro atoms. The lowest BCUT2D eigenvalue weighted by atomic mass is 10.1. The molecule has 4 amide bonds. The number of carbonyl (C=O) groups excluding carboxylic acids is 3. The number of nitrogens with one attached hydrogen (secondary N) is 1. The van der Waals surface area contributed by atoms with Crippen molar-refractivity contribution >= 4 is 44.7 Å². The SMILES string of the molecule is O=C1CN2C(=O)CN(Cc3cc(-c4ccc(Br)cn4)no3)N(C(=O)NCc3ccccc3)C2CN1Cc1cccc2ncccc12. The number of pyridine rings is 2. The standard InChI is InChI=1S/C33H29BrN8O4/c34-24-11-12-28(36-16-24)29-14-25(46-38-29)18-40-20-32(44)41-21-31(43)39(17-23-8-4-10-27-26(23)9-5-13-35-27)19-30(41)42(40)33(45)37-15-22-6-2-1-3-7-22/h1-14,16,30H,15,17-21H2,(H,37,45). The average molecular weight is 682 g/mol. The minimum absolute atomic E-state index is 0.0985. The van der Waals surface area contributed by atoms with E-state index in [1.165, 1.54) is 9.91 Å². The molecule has 2 aliphatic rings. The summed E-state index contributed by atoms with van der Waals surface area (Å²) in [6.45, 7) is 0.570. The van der Waals surface area contributed by atoms with Gasteiger partial charge in [-0.15, -0.1) is 0 Å². The van der Waals surface area contributed by atoms with Gasteiger partial charge in [-0.05, 0) is 51.3 Å². The van der Waals surface area contributed by atoms with Gasteiger partial charge in [0.05, 0.1) is 30.8 Å². The van der Waals surface area contributed by atoms with Crippen LogP contribution in [0.25, 0.3) is 22.3 Å². The lowest BCUT2D eigenvalue weighted by Gasteiger charge is -2.52. The fourth-order valence-corrected chi connectivity index (χ4v) is 6.09. The summed E-state index contributed by atoms with van der Waals surface area (Å²) in [4.78, 5) is 52.9. The number of piperazine rings is 1. The van der Waals surface area contributed by atoms with Crippen LogP contribution in [0.5, 0.6) is 0 Å². The maximum Gasteiger partial charge on any atom is 0.334 e. The van der Waals surface area contributed by atoms with E-state index in [2.05, 4.69) is 36.4 Å². The molecule has 2 aliphatic heterocycles. The van der Waals surface area contributed by atoms with E-state index >= 15 is 0 Å². The molecular formula is C33H29BrN8O4. The Morgan fingerprint density at radius 2 is 1.78 bits per heavy atom. The Balaban J connectivity index is 1.17. The number of rotatable bonds is 7. The molecule has 3 aromatic heterocycles. The zero-order valence-corrected chi connectivity index (χ0v) is 26.2. The molecule has 2 aromatic carbocycles. The van der Waals surface area contributed by atoms with Crippen LogP contribution in [0, 0.1) is 0 Å². The summed E-state index contributed by atoms with van der Waals surface area (Å²) >= 11 is 3.39. The number of carbonyl (C=O) groups is 3. The van der Waals surface area contributed by atoms with E-state index < -0.39 is 12.2 Å². The van der Waals surface area contributed by atoms with Crippen molar-refractivity contribution in [3.8, 4) is 11.4 Å². The van der Waals surface area contributed by atoms with Gasteiger partial charge >= 0.3 is 6.03 Å². The predicted octanol–water partition coefficient (Wildman–Crippen LogP) is 4.19. The van der Waals surface area contributed by atoms with Crippen molar-refractivity contribution in [2.45, 2.75) is 25.8 Å². The molecule has 5 aromatic rings. The van der Waals surface area contributed by atoms with E-state index in [4.69, 9.17) is 4.52 Å². The van der Waals surface area contributed by atoms with Crippen LogP contribution < -0.4 is 5.32 Å². The van der Waals surface area contributed by atoms with E-state index in [-0.39, 0.29) is 44.5 Å². The molecule has 1 unspecified atom stereocenters. The highest BCUT2D eigenvalue weighted by molar-refractivity contribution is 9.10. The predicted molar refractivity (Wildman–Crippen MR) is 171 cm³/mol. The maximum absolute atomic E-state index is 14.0. The van der Waals surface area contributed by atoms with Crippen LogP contribution in [0.1, 0.15) is 16.9 Å². The quantitative estimate of drug-likeness (QED) is 0.271. The highest BCUT2D eigenvalue weighted by Gasteiger charge is 2.47. The van der Waals surface area contributed by atoms with Gasteiger partial charge in [0.1, 0.15) is 18.4 Å². The Morgan fingerprint density at radius 1 is 0.913 bits per heavy atom. The Kier molecular flexibility index (Phi) is 8.16. The van der Waals surface area contributed by atoms with Gasteiger partial charge in [-0.25, -0.2) is 9.80 Å². The van der Waals surface area contributed by atoms with Crippen molar-refractivity contribution < 1.29 is 18.9 Å². The van der Waals surface area contributed by atoms with Crippen molar-refractivity contribution in [3.05, 3.63) is 113 Å². The summed E-state index contributed by atoms with van der Waals surface area (Å²) in [6.07, 6.45) is 2.67. The molecule has 7 rings (SSSR count). The first-order valence-electron chi connectivity index (χ1n) is 14.8. The minimum atomic E-state index is -0.738. The second-order valence-corrected chi connectivity index (χ2v) is 12.0. The van der Waals surface area contributed by atoms with Crippen LogP contribution in [0.3, 0.4) is 0 Å². The van der Waals surface area contributed by atoms with E-state index in [9.17, 15) is 14.4 Å². The molecule has 46 heavy (non-hydrogen) atoms.